The van der Waals surface area contributed by atoms with Gasteiger partial charge in [-0.15, -0.1) is 0 Å². The van der Waals surface area contributed by atoms with Gasteiger partial charge in [0, 0.05) is 19.1 Å². The smallest absolute Gasteiger partial charge is 0.0897 e. The van der Waals surface area contributed by atoms with Gasteiger partial charge in [-0.1, -0.05) is 0 Å². The predicted octanol–water partition coefficient (Wildman–Crippen LogP) is -0.601. The second-order valence-corrected chi connectivity index (χ2v) is 5.01. The molecule has 4 heteroatoms. The van der Waals surface area contributed by atoms with Crippen molar-refractivity contribution in [2.45, 2.75) is 31.4 Å². The van der Waals surface area contributed by atoms with Crippen LogP contribution in [0.15, 0.2) is 0 Å². The normalized spacial score (nSPS) is 38.2. The zero-order valence-electron chi connectivity index (χ0n) is 9.18. The average Bonchev–Trinajstić information content (AvgIpc) is 2.29. The van der Waals surface area contributed by atoms with Crippen LogP contribution in [0.2, 0.25) is 0 Å². The monoisotopic (exact) mass is 214 g/mol. The van der Waals surface area contributed by atoms with Gasteiger partial charge in [-0.3, -0.25) is 4.90 Å². The van der Waals surface area contributed by atoms with Crippen LogP contribution in [0, 0.1) is 11.8 Å². The fourth-order valence-corrected chi connectivity index (χ4v) is 3.16. The van der Waals surface area contributed by atoms with E-state index in [-0.39, 0.29) is 6.61 Å². The number of nitrogens with two attached hydrogens (primary N) is 1. The van der Waals surface area contributed by atoms with Gasteiger partial charge >= 0.3 is 0 Å². The first kappa shape index (κ1) is 11.3. The van der Waals surface area contributed by atoms with E-state index in [0.717, 1.165) is 13.1 Å². The number of piperidine rings is 2. The van der Waals surface area contributed by atoms with Crippen molar-refractivity contribution in [3.8, 4) is 0 Å². The molecule has 88 valence electrons. The van der Waals surface area contributed by atoms with Gasteiger partial charge in [0.2, 0.25) is 0 Å². The number of fused-ring (bicyclic) bond motifs is 3. The van der Waals surface area contributed by atoms with E-state index in [9.17, 15) is 5.11 Å². The van der Waals surface area contributed by atoms with E-state index < -0.39 is 6.10 Å². The van der Waals surface area contributed by atoms with Gasteiger partial charge < -0.3 is 15.9 Å². The van der Waals surface area contributed by atoms with E-state index in [0.29, 0.717) is 24.4 Å². The van der Waals surface area contributed by atoms with Crippen molar-refractivity contribution in [3.63, 3.8) is 0 Å². The Morgan fingerprint density at radius 1 is 1.40 bits per heavy atom. The summed E-state index contributed by atoms with van der Waals surface area (Å²) in [5, 5.41) is 18.3. The zero-order chi connectivity index (χ0) is 10.8. The van der Waals surface area contributed by atoms with Crippen molar-refractivity contribution in [3.05, 3.63) is 0 Å². The minimum Gasteiger partial charge on any atom is -0.394 e. The highest BCUT2D eigenvalue weighted by Gasteiger charge is 2.39. The van der Waals surface area contributed by atoms with Crippen LogP contribution in [0.1, 0.15) is 19.3 Å². The fourth-order valence-electron chi connectivity index (χ4n) is 3.16. The first-order chi connectivity index (χ1) is 7.24. The van der Waals surface area contributed by atoms with Crippen molar-refractivity contribution in [2.75, 3.05) is 26.2 Å². The fraction of sp³-hybridized carbons (Fsp3) is 1.00. The quantitative estimate of drug-likeness (QED) is 0.584. The summed E-state index contributed by atoms with van der Waals surface area (Å²) in [5.74, 6) is 1.40. The van der Waals surface area contributed by atoms with Crippen molar-refractivity contribution < 1.29 is 10.2 Å². The highest BCUT2D eigenvalue weighted by Crippen LogP contribution is 2.38. The van der Waals surface area contributed by atoms with Crippen LogP contribution in [0.4, 0.5) is 0 Å². The molecule has 2 bridgehead atoms. The van der Waals surface area contributed by atoms with Gasteiger partial charge in [0.05, 0.1) is 12.7 Å². The maximum absolute atomic E-state index is 9.45. The Morgan fingerprint density at radius 3 is 2.73 bits per heavy atom. The third-order valence-electron chi connectivity index (χ3n) is 4.06. The molecule has 4 atom stereocenters. The lowest BCUT2D eigenvalue weighted by molar-refractivity contribution is -0.0283. The Morgan fingerprint density at radius 2 is 2.20 bits per heavy atom. The zero-order valence-corrected chi connectivity index (χ0v) is 9.18. The number of nitrogens with zero attached hydrogens (tertiary/aromatic N) is 1. The molecule has 0 aromatic heterocycles. The molecule has 0 aromatic carbocycles. The topological polar surface area (TPSA) is 69.7 Å². The van der Waals surface area contributed by atoms with Gasteiger partial charge in [0.15, 0.2) is 0 Å². The van der Waals surface area contributed by atoms with Gasteiger partial charge in [-0.25, -0.2) is 0 Å². The Balaban J connectivity index is 1.90. The molecule has 4 nitrogen and oxygen atoms in total. The minimum absolute atomic E-state index is 0.131. The molecule has 3 aliphatic rings. The van der Waals surface area contributed by atoms with Crippen molar-refractivity contribution in [2.24, 2.45) is 17.6 Å². The van der Waals surface area contributed by atoms with E-state index in [1.165, 1.54) is 19.3 Å². The Bertz CT molecular complexity index is 213. The molecule has 0 amide bonds. The minimum atomic E-state index is -0.583. The Kier molecular flexibility index (Phi) is 3.61. The summed E-state index contributed by atoms with van der Waals surface area (Å²) >= 11 is 0. The lowest BCUT2D eigenvalue weighted by atomic mass is 9.72. The molecular weight excluding hydrogens is 192 g/mol. The molecule has 1 saturated carbocycles. The number of aliphatic hydroxyl groups excluding tert-OH is 2. The van der Waals surface area contributed by atoms with Crippen LogP contribution < -0.4 is 5.73 Å². The summed E-state index contributed by atoms with van der Waals surface area (Å²) in [5.41, 5.74) is 5.75. The van der Waals surface area contributed by atoms with Crippen LogP contribution in [0.5, 0.6) is 0 Å². The molecule has 2 saturated heterocycles. The molecule has 1 aliphatic carbocycles. The third kappa shape index (κ3) is 2.33. The van der Waals surface area contributed by atoms with Gasteiger partial charge in [0.25, 0.3) is 0 Å². The molecule has 0 aromatic rings. The third-order valence-corrected chi connectivity index (χ3v) is 4.06. The molecule has 2 aliphatic heterocycles. The van der Waals surface area contributed by atoms with E-state index in [1.807, 2.05) is 0 Å². The molecule has 0 spiro atoms. The van der Waals surface area contributed by atoms with E-state index in [1.54, 1.807) is 0 Å². The maximum atomic E-state index is 9.45. The van der Waals surface area contributed by atoms with Crippen LogP contribution in [0.3, 0.4) is 0 Å². The van der Waals surface area contributed by atoms with Gasteiger partial charge in [-0.2, -0.15) is 0 Å². The van der Waals surface area contributed by atoms with E-state index in [2.05, 4.69) is 4.90 Å². The molecule has 4 N–H and O–H groups in total. The van der Waals surface area contributed by atoms with Crippen LogP contribution >= 0.6 is 0 Å². The lowest BCUT2D eigenvalue weighted by Crippen LogP contribution is -2.55. The Labute approximate surface area is 91.1 Å². The number of rotatable bonds is 4. The first-order valence-corrected chi connectivity index (χ1v) is 5.97. The number of hydrogen-bond donors (Lipinski definition) is 3. The summed E-state index contributed by atoms with van der Waals surface area (Å²) in [4.78, 5) is 2.33. The largest absolute Gasteiger partial charge is 0.394 e. The van der Waals surface area contributed by atoms with Gasteiger partial charge in [0.1, 0.15) is 0 Å². The summed E-state index contributed by atoms with van der Waals surface area (Å²) in [6.45, 7) is 2.35. The lowest BCUT2D eigenvalue weighted by Gasteiger charge is -2.49. The standard InChI is InChI=1S/C11H22N2O2/c12-4-9-3-10-2-1-8(9)5-13(10)6-11(15)7-14/h8-11,14-15H,1-7,12H2. The van der Waals surface area contributed by atoms with Crippen LogP contribution in [-0.4, -0.2) is 53.5 Å². The second kappa shape index (κ2) is 4.78. The molecular formula is C11H22N2O2. The summed E-state index contributed by atoms with van der Waals surface area (Å²) < 4.78 is 0. The average molecular weight is 214 g/mol. The Hall–Kier alpha value is -0.160. The molecule has 3 fully saturated rings. The molecule has 15 heavy (non-hydrogen) atoms. The second-order valence-electron chi connectivity index (χ2n) is 5.01. The first-order valence-electron chi connectivity index (χ1n) is 5.97. The molecule has 3 rings (SSSR count). The summed E-state index contributed by atoms with van der Waals surface area (Å²) in [6, 6.07) is 0.588. The molecule has 2 heterocycles. The van der Waals surface area contributed by atoms with E-state index >= 15 is 0 Å². The SMILES string of the molecule is NCC1CC2CCC1CN2CC(O)CO. The maximum Gasteiger partial charge on any atom is 0.0897 e. The molecule has 0 radical (unpaired) electrons. The highest BCUT2D eigenvalue weighted by atomic mass is 16.3. The van der Waals surface area contributed by atoms with Crippen LogP contribution in [-0.2, 0) is 0 Å². The van der Waals surface area contributed by atoms with Gasteiger partial charge in [-0.05, 0) is 37.6 Å². The number of hydrogen-bond acceptors (Lipinski definition) is 4. The number of aliphatic hydroxyl groups is 2. The van der Waals surface area contributed by atoms with Crippen molar-refractivity contribution in [1.82, 2.24) is 4.90 Å². The van der Waals surface area contributed by atoms with E-state index in [4.69, 9.17) is 10.8 Å². The predicted molar refractivity (Wildman–Crippen MR) is 58.3 cm³/mol. The highest BCUT2D eigenvalue weighted by molar-refractivity contribution is 4.93. The molecule has 4 unspecified atom stereocenters. The van der Waals surface area contributed by atoms with Crippen LogP contribution in [0.25, 0.3) is 0 Å². The van der Waals surface area contributed by atoms with Crippen molar-refractivity contribution >= 4 is 0 Å². The van der Waals surface area contributed by atoms with Crippen molar-refractivity contribution in [1.29, 1.82) is 0 Å². The summed E-state index contributed by atoms with van der Waals surface area (Å²) in [7, 11) is 0. The summed E-state index contributed by atoms with van der Waals surface area (Å²) in [6.07, 6.45) is 3.12.